The summed E-state index contributed by atoms with van der Waals surface area (Å²) < 4.78 is 5.38. The molecule has 0 aromatic heterocycles. The summed E-state index contributed by atoms with van der Waals surface area (Å²) in [7, 11) is 0. The third-order valence-corrected chi connectivity index (χ3v) is 6.00. The Labute approximate surface area is 186 Å². The molecular weight excluding hydrogens is 416 g/mol. The van der Waals surface area contributed by atoms with E-state index in [4.69, 9.17) is 16.3 Å². The maximum atomic E-state index is 13.0. The summed E-state index contributed by atoms with van der Waals surface area (Å²) >= 11 is 5.96. The van der Waals surface area contributed by atoms with Crippen LogP contribution >= 0.6 is 11.6 Å². The zero-order valence-electron chi connectivity index (χ0n) is 17.2. The van der Waals surface area contributed by atoms with Crippen LogP contribution in [0, 0.1) is 0 Å². The van der Waals surface area contributed by atoms with Gasteiger partial charge in [-0.3, -0.25) is 14.5 Å². The van der Waals surface area contributed by atoms with Crippen LogP contribution in [0.2, 0.25) is 5.02 Å². The molecule has 6 nitrogen and oxygen atoms in total. The zero-order chi connectivity index (χ0) is 21.8. The number of hydrogen-bond acceptors (Lipinski definition) is 5. The average molecular weight is 441 g/mol. The van der Waals surface area contributed by atoms with E-state index in [1.165, 1.54) is 0 Å². The molecule has 2 aromatic carbocycles. The molecule has 2 aromatic rings. The van der Waals surface area contributed by atoms with Gasteiger partial charge in [-0.1, -0.05) is 41.9 Å². The van der Waals surface area contributed by atoms with Gasteiger partial charge in [0.2, 0.25) is 0 Å². The number of benzene rings is 2. The first kappa shape index (κ1) is 21.6. The highest BCUT2D eigenvalue weighted by atomic mass is 35.5. The van der Waals surface area contributed by atoms with Crippen molar-refractivity contribution in [2.24, 2.45) is 0 Å². The lowest BCUT2D eigenvalue weighted by Gasteiger charge is -2.29. The second kappa shape index (κ2) is 9.64. The number of carbonyl (C=O) groups is 2. The molecule has 0 saturated carbocycles. The van der Waals surface area contributed by atoms with Crippen LogP contribution in [-0.2, 0) is 14.3 Å². The van der Waals surface area contributed by atoms with Crippen LogP contribution in [0.25, 0.3) is 5.76 Å². The Morgan fingerprint density at radius 1 is 1.00 bits per heavy atom. The number of nitrogens with zero attached hydrogens (tertiary/aromatic N) is 2. The number of halogens is 1. The van der Waals surface area contributed by atoms with E-state index in [1.807, 2.05) is 30.3 Å². The number of carbonyl (C=O) groups excluding carboxylic acids is 2. The molecule has 1 atom stereocenters. The molecule has 1 amide bonds. The van der Waals surface area contributed by atoms with Crippen molar-refractivity contribution < 1.29 is 19.4 Å². The minimum atomic E-state index is -0.660. The molecule has 31 heavy (non-hydrogen) atoms. The molecule has 162 valence electrons. The second-order valence-corrected chi connectivity index (χ2v) is 8.15. The molecule has 0 bridgehead atoms. The molecule has 2 fully saturated rings. The van der Waals surface area contributed by atoms with Crippen LogP contribution in [0.1, 0.15) is 23.6 Å². The van der Waals surface area contributed by atoms with E-state index in [9.17, 15) is 14.7 Å². The van der Waals surface area contributed by atoms with Crippen molar-refractivity contribution >= 4 is 29.1 Å². The smallest absolute Gasteiger partial charge is 0.295 e. The number of ketones is 1. The Hall–Kier alpha value is -2.67. The van der Waals surface area contributed by atoms with Gasteiger partial charge < -0.3 is 14.7 Å². The first-order valence-electron chi connectivity index (χ1n) is 10.5. The van der Waals surface area contributed by atoms with Crippen LogP contribution in [0.15, 0.2) is 60.2 Å². The summed E-state index contributed by atoms with van der Waals surface area (Å²) in [5.41, 5.74) is 1.37. The first-order chi connectivity index (χ1) is 15.1. The van der Waals surface area contributed by atoms with E-state index >= 15 is 0 Å². The average Bonchev–Trinajstić information content (AvgIpc) is 3.05. The lowest BCUT2D eigenvalue weighted by molar-refractivity contribution is -0.140. The normalized spacial score (nSPS) is 21.6. The second-order valence-electron chi connectivity index (χ2n) is 7.72. The third kappa shape index (κ3) is 4.66. The molecule has 4 rings (SSSR count). The fraction of sp³-hybridized carbons (Fsp3) is 0.333. The number of rotatable bonds is 6. The molecule has 0 radical (unpaired) electrons. The van der Waals surface area contributed by atoms with E-state index in [2.05, 4.69) is 4.90 Å². The van der Waals surface area contributed by atoms with Crippen molar-refractivity contribution in [3.63, 3.8) is 0 Å². The molecule has 2 saturated heterocycles. The molecule has 0 aliphatic carbocycles. The Morgan fingerprint density at radius 2 is 1.68 bits per heavy atom. The van der Waals surface area contributed by atoms with Gasteiger partial charge in [0.25, 0.3) is 11.7 Å². The van der Waals surface area contributed by atoms with Gasteiger partial charge in [0.15, 0.2) is 0 Å². The lowest BCUT2D eigenvalue weighted by Crippen LogP contribution is -2.38. The monoisotopic (exact) mass is 440 g/mol. The highest BCUT2D eigenvalue weighted by Gasteiger charge is 2.45. The molecule has 2 heterocycles. The summed E-state index contributed by atoms with van der Waals surface area (Å²) in [5, 5.41) is 11.5. The first-order valence-corrected chi connectivity index (χ1v) is 10.8. The van der Waals surface area contributed by atoms with Gasteiger partial charge in [-0.15, -0.1) is 0 Å². The highest BCUT2D eigenvalue weighted by Crippen LogP contribution is 2.39. The van der Waals surface area contributed by atoms with Crippen LogP contribution in [0.3, 0.4) is 0 Å². The van der Waals surface area contributed by atoms with E-state index < -0.39 is 17.7 Å². The van der Waals surface area contributed by atoms with Crippen LogP contribution in [0.5, 0.6) is 0 Å². The van der Waals surface area contributed by atoms with Gasteiger partial charge in [0.1, 0.15) is 5.76 Å². The summed E-state index contributed by atoms with van der Waals surface area (Å²) in [5.74, 6) is -1.42. The van der Waals surface area contributed by atoms with E-state index in [1.54, 1.807) is 29.2 Å². The summed E-state index contributed by atoms with van der Waals surface area (Å²) in [6.45, 7) is 4.43. The van der Waals surface area contributed by atoms with Gasteiger partial charge in [-0.25, -0.2) is 0 Å². The third-order valence-electron chi connectivity index (χ3n) is 5.75. The highest BCUT2D eigenvalue weighted by molar-refractivity contribution is 6.46. The Balaban J connectivity index is 1.64. The van der Waals surface area contributed by atoms with E-state index in [0.717, 1.165) is 44.8 Å². The minimum Gasteiger partial charge on any atom is -0.507 e. The van der Waals surface area contributed by atoms with Crippen molar-refractivity contribution in [2.75, 3.05) is 39.4 Å². The maximum Gasteiger partial charge on any atom is 0.295 e. The van der Waals surface area contributed by atoms with Crippen molar-refractivity contribution in [1.29, 1.82) is 0 Å². The van der Waals surface area contributed by atoms with Crippen molar-refractivity contribution in [1.82, 2.24) is 9.80 Å². The SMILES string of the molecule is O=C1C(=O)N(CCCN2CCOCC2)[C@H](c2ccccc2)/C1=C(\O)c1ccc(Cl)cc1. The maximum absolute atomic E-state index is 13.0. The molecule has 2 aliphatic rings. The lowest BCUT2D eigenvalue weighted by atomic mass is 9.95. The van der Waals surface area contributed by atoms with Crippen LogP contribution in [0.4, 0.5) is 0 Å². The number of aliphatic hydroxyl groups excluding tert-OH is 1. The van der Waals surface area contributed by atoms with Crippen molar-refractivity contribution in [3.8, 4) is 0 Å². The van der Waals surface area contributed by atoms with Gasteiger partial charge >= 0.3 is 0 Å². The predicted octanol–water partition coefficient (Wildman–Crippen LogP) is 3.48. The largest absolute Gasteiger partial charge is 0.507 e. The molecule has 7 heteroatoms. The van der Waals surface area contributed by atoms with Crippen molar-refractivity contribution in [2.45, 2.75) is 12.5 Å². The van der Waals surface area contributed by atoms with Gasteiger partial charge in [-0.2, -0.15) is 0 Å². The standard InChI is InChI=1S/C24H25ClN2O4/c25-19-9-7-18(8-10-19)22(28)20-21(17-5-2-1-3-6-17)27(24(30)23(20)29)12-4-11-26-13-15-31-16-14-26/h1-3,5-10,21,28H,4,11-16H2/b22-20+/t21-/m1/s1. The number of hydrogen-bond donors (Lipinski definition) is 1. The number of Topliss-reactive ketones (excluding diaryl/α,β-unsaturated/α-hetero) is 1. The number of likely N-dealkylation sites (tertiary alicyclic amines) is 1. The quantitative estimate of drug-likeness (QED) is 0.423. The Kier molecular flexibility index (Phi) is 6.70. The minimum absolute atomic E-state index is 0.116. The van der Waals surface area contributed by atoms with E-state index in [-0.39, 0.29) is 11.3 Å². The van der Waals surface area contributed by atoms with Crippen LogP contribution in [-0.4, -0.2) is 66.0 Å². The summed E-state index contributed by atoms with van der Waals surface area (Å²) in [6, 6.07) is 15.3. The number of ether oxygens (including phenoxy) is 1. The molecular formula is C24H25ClN2O4. The molecule has 2 aliphatic heterocycles. The van der Waals surface area contributed by atoms with Gasteiger partial charge in [-0.05, 0) is 36.2 Å². The summed E-state index contributed by atoms with van der Waals surface area (Å²) in [4.78, 5) is 29.8. The van der Waals surface area contributed by atoms with Gasteiger partial charge in [0.05, 0.1) is 24.8 Å². The van der Waals surface area contributed by atoms with Crippen molar-refractivity contribution in [3.05, 3.63) is 76.3 Å². The Bertz CT molecular complexity index is 969. The summed E-state index contributed by atoms with van der Waals surface area (Å²) in [6.07, 6.45) is 0.733. The predicted molar refractivity (Wildman–Crippen MR) is 119 cm³/mol. The fourth-order valence-electron chi connectivity index (χ4n) is 4.15. The Morgan fingerprint density at radius 3 is 2.35 bits per heavy atom. The number of aliphatic hydroxyl groups is 1. The number of amides is 1. The molecule has 0 spiro atoms. The van der Waals surface area contributed by atoms with E-state index in [0.29, 0.717) is 17.1 Å². The number of morpholine rings is 1. The van der Waals surface area contributed by atoms with Gasteiger partial charge in [0, 0.05) is 36.8 Å². The van der Waals surface area contributed by atoms with Crippen LogP contribution < -0.4 is 0 Å². The zero-order valence-corrected chi connectivity index (χ0v) is 17.9. The topological polar surface area (TPSA) is 70.1 Å². The molecule has 0 unspecified atom stereocenters. The fourth-order valence-corrected chi connectivity index (χ4v) is 4.27. The molecule has 1 N–H and O–H groups in total.